The van der Waals surface area contributed by atoms with Crippen molar-refractivity contribution in [3.8, 4) is 11.6 Å². The molecule has 0 unspecified atom stereocenters. The summed E-state index contributed by atoms with van der Waals surface area (Å²) in [6.07, 6.45) is 0.343. The first kappa shape index (κ1) is 22.0. The molecule has 0 bridgehead atoms. The van der Waals surface area contributed by atoms with Gasteiger partial charge in [-0.25, -0.2) is 18.6 Å². The summed E-state index contributed by atoms with van der Waals surface area (Å²) in [6, 6.07) is 16.0. The van der Waals surface area contributed by atoms with Crippen molar-refractivity contribution < 1.29 is 23.4 Å². The van der Waals surface area contributed by atoms with Gasteiger partial charge in [0, 0.05) is 29.1 Å². The smallest absolute Gasteiger partial charge is 0.335 e. The van der Waals surface area contributed by atoms with Gasteiger partial charge in [-0.3, -0.25) is 0 Å². The van der Waals surface area contributed by atoms with Gasteiger partial charge in [-0.15, -0.1) is 0 Å². The highest BCUT2D eigenvalue weighted by atomic mass is 32.1. The summed E-state index contributed by atoms with van der Waals surface area (Å²) in [5.74, 6) is -0.294. The molecule has 2 N–H and O–H groups in total. The molecule has 0 amide bonds. The normalized spacial score (nSPS) is 11.3. The van der Waals surface area contributed by atoms with E-state index < -0.39 is 12.4 Å². The Morgan fingerprint density at radius 2 is 1.65 bits per heavy atom. The molecule has 0 saturated carbocycles. The van der Waals surface area contributed by atoms with Crippen LogP contribution >= 0.6 is 12.2 Å². The molecule has 0 atom stereocenters. The predicted octanol–water partition coefficient (Wildman–Crippen LogP) is 5.84. The zero-order valence-corrected chi connectivity index (χ0v) is 17.2. The third kappa shape index (κ3) is 5.70. The van der Waals surface area contributed by atoms with Crippen LogP contribution in [-0.2, 0) is 0 Å². The number of carbonyl (C=O) groups is 1. The second-order valence-corrected chi connectivity index (χ2v) is 6.80. The van der Waals surface area contributed by atoms with E-state index in [1.54, 1.807) is 36.4 Å². The summed E-state index contributed by atoms with van der Waals surface area (Å²) in [4.78, 5) is 15.3. The molecular formula is C23H18F2N2O3S. The second-order valence-electron chi connectivity index (χ2n) is 6.40. The molecule has 5 nitrogen and oxygen atoms in total. The van der Waals surface area contributed by atoms with E-state index in [4.69, 9.17) is 22.1 Å². The number of hydrogen-bond acceptors (Lipinski definition) is 4. The molecule has 0 aliphatic rings. The third-order valence-corrected chi connectivity index (χ3v) is 4.67. The molecular weight excluding hydrogens is 422 g/mol. The van der Waals surface area contributed by atoms with E-state index in [1.807, 2.05) is 13.0 Å². The molecule has 0 saturated heterocycles. The number of halogens is 2. The standard InChI is InChI=1S/C23H18F2N2O3S/c1-2-19(14-3-5-16(6-4-14)23(28)29)27-22(31)15-7-10-18(11-8-15)30-20-12-9-17(13-26-20)21(24)25/h2-13,21H,1H3,(H,27,31)(H,28,29)/b19-2-. The van der Waals surface area contributed by atoms with E-state index in [9.17, 15) is 13.6 Å². The Morgan fingerprint density at radius 1 is 1.03 bits per heavy atom. The number of ether oxygens (including phenoxy) is 1. The number of benzene rings is 2. The Balaban J connectivity index is 1.65. The van der Waals surface area contributed by atoms with Gasteiger partial charge in [0.15, 0.2) is 0 Å². The van der Waals surface area contributed by atoms with Gasteiger partial charge in [-0.2, -0.15) is 0 Å². The molecule has 31 heavy (non-hydrogen) atoms. The van der Waals surface area contributed by atoms with E-state index >= 15 is 0 Å². The largest absolute Gasteiger partial charge is 0.478 e. The van der Waals surface area contributed by atoms with Crippen LogP contribution < -0.4 is 10.1 Å². The van der Waals surface area contributed by atoms with Gasteiger partial charge in [0.25, 0.3) is 6.43 Å². The number of carboxylic acid groups (broad SMARTS) is 1. The van der Waals surface area contributed by atoms with Crippen molar-refractivity contribution in [2.75, 3.05) is 0 Å². The number of alkyl halides is 2. The van der Waals surface area contributed by atoms with Crippen molar-refractivity contribution >= 4 is 28.9 Å². The Bertz CT molecular complexity index is 1100. The van der Waals surface area contributed by atoms with Gasteiger partial charge in [-0.1, -0.05) is 30.4 Å². The fourth-order valence-corrected chi connectivity index (χ4v) is 2.92. The van der Waals surface area contributed by atoms with E-state index in [2.05, 4.69) is 10.3 Å². The zero-order valence-electron chi connectivity index (χ0n) is 16.4. The van der Waals surface area contributed by atoms with Gasteiger partial charge in [-0.05, 0) is 55.0 Å². The lowest BCUT2D eigenvalue weighted by Gasteiger charge is -2.13. The van der Waals surface area contributed by atoms with Crippen LogP contribution in [0.25, 0.3) is 5.70 Å². The van der Waals surface area contributed by atoms with Crippen molar-refractivity contribution in [2.45, 2.75) is 13.3 Å². The van der Waals surface area contributed by atoms with Crippen LogP contribution in [0.15, 0.2) is 72.9 Å². The van der Waals surface area contributed by atoms with Crippen LogP contribution in [-0.4, -0.2) is 21.0 Å². The van der Waals surface area contributed by atoms with Crippen LogP contribution in [0, 0.1) is 0 Å². The molecule has 8 heteroatoms. The Kier molecular flexibility index (Phi) is 7.04. The number of aromatic carboxylic acids is 1. The summed E-state index contributed by atoms with van der Waals surface area (Å²) in [7, 11) is 0. The van der Waals surface area contributed by atoms with Crippen LogP contribution in [0.5, 0.6) is 11.6 Å². The van der Waals surface area contributed by atoms with E-state index in [1.165, 1.54) is 24.3 Å². The maximum absolute atomic E-state index is 12.6. The number of hydrogen-bond donors (Lipinski definition) is 2. The second kappa shape index (κ2) is 9.90. The lowest BCUT2D eigenvalue weighted by atomic mass is 10.1. The lowest BCUT2D eigenvalue weighted by Crippen LogP contribution is -2.20. The molecule has 3 aromatic rings. The molecule has 0 spiro atoms. The summed E-state index contributed by atoms with van der Waals surface area (Å²) < 4.78 is 30.8. The quantitative estimate of drug-likeness (QED) is 0.450. The SMILES string of the molecule is C/C=C(\NC(=S)c1ccc(Oc2ccc(C(F)F)cn2)cc1)c1ccc(C(=O)O)cc1. The number of allylic oxidation sites excluding steroid dienone is 1. The van der Waals surface area contributed by atoms with Crippen molar-refractivity contribution in [2.24, 2.45) is 0 Å². The maximum atomic E-state index is 12.6. The van der Waals surface area contributed by atoms with E-state index in [0.29, 0.717) is 10.7 Å². The number of carboxylic acids is 1. The van der Waals surface area contributed by atoms with Crippen molar-refractivity contribution in [1.29, 1.82) is 0 Å². The molecule has 158 valence electrons. The van der Waals surface area contributed by atoms with Gasteiger partial charge in [0.2, 0.25) is 5.88 Å². The topological polar surface area (TPSA) is 71.5 Å². The van der Waals surface area contributed by atoms with E-state index in [-0.39, 0.29) is 17.0 Å². The Morgan fingerprint density at radius 3 is 2.16 bits per heavy atom. The molecule has 1 aromatic heterocycles. The molecule has 0 radical (unpaired) electrons. The molecule has 1 heterocycles. The number of nitrogens with zero attached hydrogens (tertiary/aromatic N) is 1. The summed E-state index contributed by atoms with van der Waals surface area (Å²) in [5, 5.41) is 12.2. The Labute approximate surface area is 183 Å². The average Bonchev–Trinajstić information content (AvgIpc) is 2.78. The highest BCUT2D eigenvalue weighted by molar-refractivity contribution is 7.80. The van der Waals surface area contributed by atoms with Gasteiger partial charge in [0.1, 0.15) is 10.7 Å². The number of rotatable bonds is 7. The van der Waals surface area contributed by atoms with Crippen molar-refractivity contribution in [3.63, 3.8) is 0 Å². The lowest BCUT2D eigenvalue weighted by molar-refractivity contribution is 0.0697. The molecule has 0 aliphatic heterocycles. The number of pyridine rings is 1. The minimum atomic E-state index is -2.58. The zero-order chi connectivity index (χ0) is 22.4. The van der Waals surface area contributed by atoms with Crippen LogP contribution in [0.1, 0.15) is 40.4 Å². The third-order valence-electron chi connectivity index (χ3n) is 4.33. The number of aromatic nitrogens is 1. The number of nitrogens with one attached hydrogen (secondary N) is 1. The highest BCUT2D eigenvalue weighted by Gasteiger charge is 2.10. The molecule has 0 fully saturated rings. The summed E-state index contributed by atoms with van der Waals surface area (Å²) >= 11 is 5.47. The van der Waals surface area contributed by atoms with Crippen LogP contribution in [0.3, 0.4) is 0 Å². The van der Waals surface area contributed by atoms with Crippen LogP contribution in [0.2, 0.25) is 0 Å². The highest BCUT2D eigenvalue weighted by Crippen LogP contribution is 2.23. The Hall–Kier alpha value is -3.65. The number of thiocarbonyl (C=S) groups is 1. The first-order chi connectivity index (χ1) is 14.9. The molecule has 2 aromatic carbocycles. The van der Waals surface area contributed by atoms with Crippen LogP contribution in [0.4, 0.5) is 8.78 Å². The fourth-order valence-electron chi connectivity index (χ4n) is 2.67. The predicted molar refractivity (Wildman–Crippen MR) is 118 cm³/mol. The molecule has 0 aliphatic carbocycles. The monoisotopic (exact) mass is 440 g/mol. The van der Waals surface area contributed by atoms with Gasteiger partial charge < -0.3 is 15.2 Å². The van der Waals surface area contributed by atoms with E-state index in [0.717, 1.165) is 23.0 Å². The van der Waals surface area contributed by atoms with Gasteiger partial charge >= 0.3 is 5.97 Å². The minimum absolute atomic E-state index is 0.170. The summed E-state index contributed by atoms with van der Waals surface area (Å²) in [5.41, 5.74) is 2.32. The summed E-state index contributed by atoms with van der Waals surface area (Å²) in [6.45, 7) is 1.85. The fraction of sp³-hybridized carbons (Fsp3) is 0.0870. The average molecular weight is 440 g/mol. The first-order valence-electron chi connectivity index (χ1n) is 9.21. The van der Waals surface area contributed by atoms with Crippen molar-refractivity contribution in [1.82, 2.24) is 10.3 Å². The van der Waals surface area contributed by atoms with Crippen molar-refractivity contribution in [3.05, 3.63) is 95.2 Å². The van der Waals surface area contributed by atoms with Gasteiger partial charge in [0.05, 0.1) is 5.56 Å². The first-order valence-corrected chi connectivity index (χ1v) is 9.61. The maximum Gasteiger partial charge on any atom is 0.335 e. The molecule has 3 rings (SSSR count). The minimum Gasteiger partial charge on any atom is -0.478 e.